The van der Waals surface area contributed by atoms with E-state index in [4.69, 9.17) is 10.5 Å². The minimum Gasteiger partial charge on any atom is -0.465 e. The van der Waals surface area contributed by atoms with Gasteiger partial charge in [0, 0.05) is 18.5 Å². The van der Waals surface area contributed by atoms with Crippen molar-refractivity contribution in [3.8, 4) is 0 Å². The third-order valence-electron chi connectivity index (χ3n) is 4.34. The average molecular weight is 355 g/mol. The molecule has 1 amide bonds. The second-order valence-electron chi connectivity index (χ2n) is 6.08. The van der Waals surface area contributed by atoms with Gasteiger partial charge >= 0.3 is 5.97 Å². The highest BCUT2D eigenvalue weighted by atomic mass is 35.5. The van der Waals surface area contributed by atoms with Crippen LogP contribution in [0.25, 0.3) is 0 Å². The van der Waals surface area contributed by atoms with E-state index in [2.05, 4.69) is 5.32 Å². The lowest BCUT2D eigenvalue weighted by Gasteiger charge is -2.26. The maximum absolute atomic E-state index is 12.3. The molecule has 1 aromatic carbocycles. The van der Waals surface area contributed by atoms with Crippen LogP contribution in [0.15, 0.2) is 30.3 Å². The van der Waals surface area contributed by atoms with Gasteiger partial charge in [0.1, 0.15) is 0 Å². The molecule has 3 atom stereocenters. The highest BCUT2D eigenvalue weighted by molar-refractivity contribution is 5.85. The zero-order chi connectivity index (χ0) is 16.7. The molecule has 1 aliphatic carbocycles. The molecule has 0 aromatic heterocycles. The Kier molecular flexibility index (Phi) is 8.79. The third kappa shape index (κ3) is 5.80. The van der Waals surface area contributed by atoms with Crippen molar-refractivity contribution in [1.82, 2.24) is 5.32 Å². The summed E-state index contributed by atoms with van der Waals surface area (Å²) in [6.45, 7) is 2.36. The first-order valence-electron chi connectivity index (χ1n) is 8.36. The summed E-state index contributed by atoms with van der Waals surface area (Å²) < 4.78 is 5.14. The second-order valence-corrected chi connectivity index (χ2v) is 6.08. The van der Waals surface area contributed by atoms with Crippen LogP contribution in [0, 0.1) is 5.92 Å². The topological polar surface area (TPSA) is 81.4 Å². The Morgan fingerprint density at radius 1 is 1.29 bits per heavy atom. The Morgan fingerprint density at radius 3 is 2.62 bits per heavy atom. The second kappa shape index (κ2) is 10.3. The number of halogens is 1. The lowest BCUT2D eigenvalue weighted by atomic mass is 9.85. The summed E-state index contributed by atoms with van der Waals surface area (Å²) in [5.74, 6) is -0.834. The molecule has 1 saturated carbocycles. The number of esters is 1. The van der Waals surface area contributed by atoms with Gasteiger partial charge in [-0.2, -0.15) is 0 Å². The lowest BCUT2D eigenvalue weighted by molar-refractivity contribution is -0.145. The van der Waals surface area contributed by atoms with Crippen molar-refractivity contribution >= 4 is 24.3 Å². The van der Waals surface area contributed by atoms with E-state index in [1.165, 1.54) is 0 Å². The monoisotopic (exact) mass is 354 g/mol. The van der Waals surface area contributed by atoms with Gasteiger partial charge in [-0.3, -0.25) is 9.59 Å². The number of amides is 1. The van der Waals surface area contributed by atoms with Crippen molar-refractivity contribution in [2.45, 2.75) is 44.6 Å². The number of rotatable bonds is 6. The van der Waals surface area contributed by atoms with E-state index in [1.54, 1.807) is 6.92 Å². The maximum atomic E-state index is 12.3. The largest absolute Gasteiger partial charge is 0.465 e. The fraction of sp³-hybridized carbons (Fsp3) is 0.556. The molecule has 0 bridgehead atoms. The average Bonchev–Trinajstić information content (AvgIpc) is 2.56. The first kappa shape index (κ1) is 20.5. The van der Waals surface area contributed by atoms with E-state index in [-0.39, 0.29) is 42.8 Å². The first-order valence-corrected chi connectivity index (χ1v) is 8.36. The van der Waals surface area contributed by atoms with Crippen LogP contribution in [-0.4, -0.2) is 31.1 Å². The smallest absolute Gasteiger partial charge is 0.315 e. The predicted molar refractivity (Wildman–Crippen MR) is 96.0 cm³/mol. The molecule has 1 aromatic rings. The van der Waals surface area contributed by atoms with Gasteiger partial charge in [0.2, 0.25) is 5.91 Å². The predicted octanol–water partition coefficient (Wildman–Crippen LogP) is 2.39. The summed E-state index contributed by atoms with van der Waals surface area (Å²) in [7, 11) is 0. The van der Waals surface area contributed by atoms with E-state index in [9.17, 15) is 9.59 Å². The molecule has 0 spiro atoms. The Balaban J connectivity index is 0.00000288. The number of hydrogen-bond acceptors (Lipinski definition) is 4. The van der Waals surface area contributed by atoms with Gasteiger partial charge in [-0.25, -0.2) is 0 Å². The number of ether oxygens (including phenoxy) is 1. The quantitative estimate of drug-likeness (QED) is 0.768. The normalized spacial score (nSPS) is 21.2. The van der Waals surface area contributed by atoms with E-state index in [0.717, 1.165) is 31.2 Å². The van der Waals surface area contributed by atoms with Crippen molar-refractivity contribution < 1.29 is 14.3 Å². The summed E-state index contributed by atoms with van der Waals surface area (Å²) in [5, 5.41) is 2.92. The molecule has 0 heterocycles. The number of nitrogens with one attached hydrogen (secondary N) is 1. The van der Waals surface area contributed by atoms with E-state index in [0.29, 0.717) is 6.61 Å². The van der Waals surface area contributed by atoms with Crippen LogP contribution in [0.3, 0.4) is 0 Å². The van der Waals surface area contributed by atoms with Gasteiger partial charge in [0.05, 0.1) is 12.5 Å². The number of carbonyl (C=O) groups excluding carboxylic acids is 2. The van der Waals surface area contributed by atoms with Gasteiger partial charge in [0.25, 0.3) is 0 Å². The zero-order valence-electron chi connectivity index (χ0n) is 14.1. The highest BCUT2D eigenvalue weighted by Gasteiger charge is 2.27. The molecule has 0 aliphatic heterocycles. The molecular weight excluding hydrogens is 328 g/mol. The van der Waals surface area contributed by atoms with E-state index < -0.39 is 5.92 Å². The van der Waals surface area contributed by atoms with Gasteiger partial charge < -0.3 is 15.8 Å². The van der Waals surface area contributed by atoms with Crippen LogP contribution in [0.4, 0.5) is 0 Å². The molecular formula is C18H27ClN2O3. The molecule has 1 fully saturated rings. The molecule has 0 saturated heterocycles. The van der Waals surface area contributed by atoms with E-state index in [1.807, 2.05) is 30.3 Å². The van der Waals surface area contributed by atoms with Crippen LogP contribution in [0.5, 0.6) is 0 Å². The molecule has 2 rings (SSSR count). The van der Waals surface area contributed by atoms with Gasteiger partial charge in [-0.15, -0.1) is 12.4 Å². The number of benzene rings is 1. The van der Waals surface area contributed by atoms with Crippen LogP contribution in [0.2, 0.25) is 0 Å². The van der Waals surface area contributed by atoms with Crippen LogP contribution in [0.1, 0.15) is 44.1 Å². The van der Waals surface area contributed by atoms with Crippen molar-refractivity contribution in [2.24, 2.45) is 11.7 Å². The Labute approximate surface area is 149 Å². The molecule has 0 radical (unpaired) electrons. The van der Waals surface area contributed by atoms with Crippen molar-refractivity contribution in [1.29, 1.82) is 0 Å². The third-order valence-corrected chi connectivity index (χ3v) is 4.34. The number of hydrogen-bond donors (Lipinski definition) is 2. The zero-order valence-corrected chi connectivity index (χ0v) is 14.9. The molecule has 134 valence electrons. The van der Waals surface area contributed by atoms with Gasteiger partial charge in [-0.05, 0) is 31.7 Å². The van der Waals surface area contributed by atoms with Crippen molar-refractivity contribution in [3.63, 3.8) is 0 Å². The molecule has 6 heteroatoms. The minimum absolute atomic E-state index is 0. The van der Waals surface area contributed by atoms with Crippen molar-refractivity contribution in [3.05, 3.63) is 35.9 Å². The standard InChI is InChI=1S/C18H26N2O3.ClH/c1-2-23-18(22)16(13-7-4-3-5-8-13)12-20-17(21)14-9-6-10-15(19)11-14;/h3-5,7-8,14-16H,2,6,9-12,19H2,1H3,(H,20,21);1H. The number of nitrogens with two attached hydrogens (primary N) is 1. The molecule has 3 N–H and O–H groups in total. The highest BCUT2D eigenvalue weighted by Crippen LogP contribution is 2.23. The number of carbonyl (C=O) groups is 2. The molecule has 3 unspecified atom stereocenters. The van der Waals surface area contributed by atoms with Crippen LogP contribution < -0.4 is 11.1 Å². The van der Waals surface area contributed by atoms with Crippen LogP contribution >= 0.6 is 12.4 Å². The Morgan fingerprint density at radius 2 is 2.00 bits per heavy atom. The first-order chi connectivity index (χ1) is 11.1. The molecule has 1 aliphatic rings. The van der Waals surface area contributed by atoms with Crippen LogP contribution in [-0.2, 0) is 14.3 Å². The summed E-state index contributed by atoms with van der Waals surface area (Å²) in [6, 6.07) is 9.52. The summed E-state index contributed by atoms with van der Waals surface area (Å²) in [6.07, 6.45) is 3.56. The van der Waals surface area contributed by atoms with Gasteiger partial charge in [-0.1, -0.05) is 36.8 Å². The summed E-state index contributed by atoms with van der Waals surface area (Å²) >= 11 is 0. The summed E-state index contributed by atoms with van der Waals surface area (Å²) in [5.41, 5.74) is 6.80. The SMILES string of the molecule is CCOC(=O)C(CNC(=O)C1CCCC(N)C1)c1ccccc1.Cl. The van der Waals surface area contributed by atoms with Crippen molar-refractivity contribution in [2.75, 3.05) is 13.2 Å². The summed E-state index contributed by atoms with van der Waals surface area (Å²) in [4.78, 5) is 24.5. The fourth-order valence-electron chi connectivity index (χ4n) is 3.08. The Bertz CT molecular complexity index is 524. The Hall–Kier alpha value is -1.59. The molecule has 24 heavy (non-hydrogen) atoms. The van der Waals surface area contributed by atoms with Gasteiger partial charge in [0.15, 0.2) is 0 Å². The van der Waals surface area contributed by atoms with E-state index >= 15 is 0 Å². The minimum atomic E-state index is -0.475. The fourth-order valence-corrected chi connectivity index (χ4v) is 3.08. The maximum Gasteiger partial charge on any atom is 0.315 e. The molecule has 5 nitrogen and oxygen atoms in total. The lowest BCUT2D eigenvalue weighted by Crippen LogP contribution is -2.40.